The number of hydrogen-bond donors (Lipinski definition) is 3. The number of amides is 1. The number of nitrogens with zero attached hydrogens (tertiary/aromatic N) is 1. The Morgan fingerprint density at radius 2 is 2.09 bits per heavy atom. The number of rotatable bonds is 6. The lowest BCUT2D eigenvalue weighted by atomic mass is 9.99. The SMILES string of the molecule is Cc1n[nH]c(C)c1C[C@@H](C)C(=O)NC[C@@H](O)c1ccccc1F. The minimum Gasteiger partial charge on any atom is -0.386 e. The highest BCUT2D eigenvalue weighted by Gasteiger charge is 2.19. The molecule has 124 valence electrons. The fourth-order valence-corrected chi connectivity index (χ4v) is 2.50. The van der Waals surface area contributed by atoms with Crippen LogP contribution in [-0.4, -0.2) is 27.8 Å². The first-order valence-corrected chi connectivity index (χ1v) is 7.60. The molecule has 5 nitrogen and oxygen atoms in total. The quantitative estimate of drug-likeness (QED) is 0.764. The summed E-state index contributed by atoms with van der Waals surface area (Å²) in [6.45, 7) is 5.61. The zero-order chi connectivity index (χ0) is 17.0. The largest absolute Gasteiger partial charge is 0.386 e. The van der Waals surface area contributed by atoms with Crippen LogP contribution in [0.25, 0.3) is 0 Å². The summed E-state index contributed by atoms with van der Waals surface area (Å²) >= 11 is 0. The Morgan fingerprint density at radius 3 is 2.70 bits per heavy atom. The fraction of sp³-hybridized carbons (Fsp3) is 0.412. The first kappa shape index (κ1) is 17.1. The molecule has 0 aliphatic carbocycles. The first-order valence-electron chi connectivity index (χ1n) is 7.60. The van der Waals surface area contributed by atoms with Gasteiger partial charge < -0.3 is 10.4 Å². The molecule has 0 aliphatic rings. The highest BCUT2D eigenvalue weighted by atomic mass is 19.1. The van der Waals surface area contributed by atoms with E-state index in [-0.39, 0.29) is 23.9 Å². The van der Waals surface area contributed by atoms with Crippen LogP contribution in [0.1, 0.15) is 35.5 Å². The molecule has 0 spiro atoms. The minimum absolute atomic E-state index is 0.0204. The van der Waals surface area contributed by atoms with Crippen molar-refractivity contribution in [2.75, 3.05) is 6.54 Å². The molecule has 0 saturated carbocycles. The second-order valence-corrected chi connectivity index (χ2v) is 5.80. The standard InChI is InChI=1S/C17H22FN3O2/c1-10(8-14-11(2)20-21-12(14)3)17(23)19-9-16(22)13-6-4-5-7-15(13)18/h4-7,10,16,22H,8-9H2,1-3H3,(H,19,23)(H,20,21)/t10-,16-/m1/s1. The molecule has 0 radical (unpaired) electrons. The Hall–Kier alpha value is -2.21. The zero-order valence-electron chi connectivity index (χ0n) is 13.6. The smallest absolute Gasteiger partial charge is 0.223 e. The van der Waals surface area contributed by atoms with Gasteiger partial charge in [0, 0.05) is 23.7 Å². The molecule has 3 N–H and O–H groups in total. The van der Waals surface area contributed by atoms with Gasteiger partial charge in [-0.05, 0) is 31.9 Å². The van der Waals surface area contributed by atoms with Crippen molar-refractivity contribution >= 4 is 5.91 Å². The highest BCUT2D eigenvalue weighted by molar-refractivity contribution is 5.78. The van der Waals surface area contributed by atoms with Gasteiger partial charge in [0.1, 0.15) is 5.82 Å². The van der Waals surface area contributed by atoms with Gasteiger partial charge in [-0.15, -0.1) is 0 Å². The summed E-state index contributed by atoms with van der Waals surface area (Å²) in [5.74, 6) is -0.926. The Kier molecular flexibility index (Phi) is 5.50. The molecule has 2 atom stereocenters. The Labute approximate surface area is 134 Å². The van der Waals surface area contributed by atoms with E-state index in [0.29, 0.717) is 6.42 Å². The maximum atomic E-state index is 13.6. The van der Waals surface area contributed by atoms with Gasteiger partial charge in [-0.1, -0.05) is 25.1 Å². The number of aryl methyl sites for hydroxylation is 2. The summed E-state index contributed by atoms with van der Waals surface area (Å²) < 4.78 is 13.6. The normalized spacial score (nSPS) is 13.6. The molecule has 1 amide bonds. The van der Waals surface area contributed by atoms with E-state index in [2.05, 4.69) is 15.5 Å². The van der Waals surface area contributed by atoms with Gasteiger partial charge in [0.05, 0.1) is 11.8 Å². The number of hydrogen-bond acceptors (Lipinski definition) is 3. The number of aliphatic hydroxyl groups excluding tert-OH is 1. The molecule has 1 aromatic heterocycles. The van der Waals surface area contributed by atoms with Crippen LogP contribution in [0.15, 0.2) is 24.3 Å². The van der Waals surface area contributed by atoms with Crippen LogP contribution in [-0.2, 0) is 11.2 Å². The van der Waals surface area contributed by atoms with Gasteiger partial charge in [0.15, 0.2) is 0 Å². The number of halogens is 1. The summed E-state index contributed by atoms with van der Waals surface area (Å²) in [5, 5.41) is 19.7. The predicted molar refractivity (Wildman–Crippen MR) is 85.3 cm³/mol. The molecule has 0 aliphatic heterocycles. The van der Waals surface area contributed by atoms with Gasteiger partial charge >= 0.3 is 0 Å². The van der Waals surface area contributed by atoms with Gasteiger partial charge in [0.2, 0.25) is 5.91 Å². The Bertz CT molecular complexity index is 665. The fourth-order valence-electron chi connectivity index (χ4n) is 2.50. The van der Waals surface area contributed by atoms with Crippen LogP contribution in [0.3, 0.4) is 0 Å². The van der Waals surface area contributed by atoms with Gasteiger partial charge in [-0.3, -0.25) is 9.89 Å². The number of carbonyl (C=O) groups excluding carboxylic acids is 1. The van der Waals surface area contributed by atoms with E-state index in [1.54, 1.807) is 12.1 Å². The molecule has 1 heterocycles. The van der Waals surface area contributed by atoms with Crippen molar-refractivity contribution in [3.05, 3.63) is 52.6 Å². The average molecular weight is 319 g/mol. The Balaban J connectivity index is 1.90. The first-order chi connectivity index (χ1) is 10.9. The molecule has 0 unspecified atom stereocenters. The number of aromatic nitrogens is 2. The van der Waals surface area contributed by atoms with E-state index in [4.69, 9.17) is 0 Å². The number of nitrogens with one attached hydrogen (secondary N) is 2. The lowest BCUT2D eigenvalue weighted by molar-refractivity contribution is -0.124. The second-order valence-electron chi connectivity index (χ2n) is 5.80. The average Bonchev–Trinajstić information content (AvgIpc) is 2.84. The molecule has 0 bridgehead atoms. The summed E-state index contributed by atoms with van der Waals surface area (Å²) in [4.78, 5) is 12.2. The Morgan fingerprint density at radius 1 is 1.39 bits per heavy atom. The third-order valence-corrected chi connectivity index (χ3v) is 3.97. The number of aromatic amines is 1. The lowest BCUT2D eigenvalue weighted by Crippen LogP contribution is -2.33. The van der Waals surface area contributed by atoms with Gasteiger partial charge in [0.25, 0.3) is 0 Å². The van der Waals surface area contributed by atoms with Crippen molar-refractivity contribution in [3.63, 3.8) is 0 Å². The number of benzene rings is 1. The summed E-state index contributed by atoms with van der Waals surface area (Å²) in [5.41, 5.74) is 3.05. The van der Waals surface area contributed by atoms with Gasteiger partial charge in [-0.2, -0.15) is 5.10 Å². The second kappa shape index (κ2) is 7.37. The maximum Gasteiger partial charge on any atom is 0.223 e. The monoisotopic (exact) mass is 319 g/mol. The van der Waals surface area contributed by atoms with Crippen LogP contribution in [0.2, 0.25) is 0 Å². The van der Waals surface area contributed by atoms with Crippen LogP contribution in [0, 0.1) is 25.6 Å². The van der Waals surface area contributed by atoms with Crippen molar-refractivity contribution in [2.45, 2.75) is 33.3 Å². The number of carbonyl (C=O) groups is 1. The summed E-state index contributed by atoms with van der Waals surface area (Å²) in [6.07, 6.45) is -0.500. The third kappa shape index (κ3) is 4.16. The van der Waals surface area contributed by atoms with E-state index in [0.717, 1.165) is 17.0 Å². The molecular formula is C17H22FN3O2. The van der Waals surface area contributed by atoms with E-state index < -0.39 is 11.9 Å². The molecule has 1 aromatic carbocycles. The van der Waals surface area contributed by atoms with Crippen LogP contribution < -0.4 is 5.32 Å². The summed E-state index contributed by atoms with van der Waals surface area (Å²) in [7, 11) is 0. The van der Waals surface area contributed by atoms with E-state index >= 15 is 0 Å². The van der Waals surface area contributed by atoms with E-state index in [1.807, 2.05) is 20.8 Å². The topological polar surface area (TPSA) is 78.0 Å². The van der Waals surface area contributed by atoms with Gasteiger partial charge in [-0.25, -0.2) is 4.39 Å². The molecule has 6 heteroatoms. The lowest BCUT2D eigenvalue weighted by Gasteiger charge is -2.16. The molecule has 0 fully saturated rings. The summed E-state index contributed by atoms with van der Waals surface area (Å²) in [6, 6.07) is 6.00. The van der Waals surface area contributed by atoms with Crippen molar-refractivity contribution in [3.8, 4) is 0 Å². The maximum absolute atomic E-state index is 13.6. The highest BCUT2D eigenvalue weighted by Crippen LogP contribution is 2.17. The van der Waals surface area contributed by atoms with E-state index in [9.17, 15) is 14.3 Å². The van der Waals surface area contributed by atoms with Crippen molar-refractivity contribution < 1.29 is 14.3 Å². The molecule has 0 saturated heterocycles. The molecular weight excluding hydrogens is 297 g/mol. The molecule has 2 rings (SSSR count). The van der Waals surface area contributed by atoms with Crippen molar-refractivity contribution in [1.82, 2.24) is 15.5 Å². The van der Waals surface area contributed by atoms with Crippen LogP contribution in [0.5, 0.6) is 0 Å². The van der Waals surface area contributed by atoms with Crippen molar-refractivity contribution in [1.29, 1.82) is 0 Å². The zero-order valence-corrected chi connectivity index (χ0v) is 13.6. The minimum atomic E-state index is -1.07. The third-order valence-electron chi connectivity index (χ3n) is 3.97. The van der Waals surface area contributed by atoms with Crippen LogP contribution in [0.4, 0.5) is 4.39 Å². The molecule has 23 heavy (non-hydrogen) atoms. The predicted octanol–water partition coefficient (Wildman–Crippen LogP) is 2.19. The van der Waals surface area contributed by atoms with Crippen molar-refractivity contribution in [2.24, 2.45) is 5.92 Å². The van der Waals surface area contributed by atoms with E-state index in [1.165, 1.54) is 12.1 Å². The number of aliphatic hydroxyl groups is 1. The van der Waals surface area contributed by atoms with Crippen LogP contribution >= 0.6 is 0 Å². The molecule has 2 aromatic rings. The number of H-pyrrole nitrogens is 1.